The summed E-state index contributed by atoms with van der Waals surface area (Å²) in [5.41, 5.74) is 1.91. The Kier molecular flexibility index (Phi) is 4.96. The normalized spacial score (nSPS) is 11.9. The van der Waals surface area contributed by atoms with Gasteiger partial charge in [-0.1, -0.05) is 37.3 Å². The molecular formula is C16H16INO. The Bertz CT molecular complexity index is 536. The molecular weight excluding hydrogens is 349 g/mol. The summed E-state index contributed by atoms with van der Waals surface area (Å²) in [5, 5.41) is 2.98. The molecule has 98 valence electrons. The van der Waals surface area contributed by atoms with Gasteiger partial charge in [0.15, 0.2) is 0 Å². The van der Waals surface area contributed by atoms with Crippen LogP contribution in [0.2, 0.25) is 0 Å². The van der Waals surface area contributed by atoms with Crippen LogP contribution in [0.3, 0.4) is 0 Å². The zero-order chi connectivity index (χ0) is 13.7. The molecule has 0 saturated carbocycles. The van der Waals surface area contributed by atoms with Crippen molar-refractivity contribution in [1.29, 1.82) is 0 Å². The highest BCUT2D eigenvalue weighted by Crippen LogP contribution is 2.21. The topological polar surface area (TPSA) is 29.1 Å². The summed E-state index contributed by atoms with van der Waals surface area (Å²) in [6.07, 6.45) is 0.792. The summed E-state index contributed by atoms with van der Waals surface area (Å²) < 4.78 is 1.16. The second-order valence-electron chi connectivity index (χ2n) is 4.37. The third-order valence-corrected chi connectivity index (χ3v) is 3.76. The van der Waals surface area contributed by atoms with Crippen LogP contribution in [0.5, 0.6) is 0 Å². The first kappa shape index (κ1) is 14.1. The number of carbonyl (C=O) groups is 1. The van der Waals surface area contributed by atoms with Crippen molar-refractivity contribution in [2.75, 3.05) is 5.32 Å². The highest BCUT2D eigenvalue weighted by molar-refractivity contribution is 14.1. The molecule has 1 N–H and O–H groups in total. The second-order valence-corrected chi connectivity index (χ2v) is 5.61. The Morgan fingerprint density at radius 3 is 2.32 bits per heavy atom. The fraction of sp³-hybridized carbons (Fsp3) is 0.188. The smallest absolute Gasteiger partial charge is 0.231 e. The van der Waals surface area contributed by atoms with Crippen molar-refractivity contribution < 1.29 is 4.79 Å². The van der Waals surface area contributed by atoms with E-state index in [4.69, 9.17) is 0 Å². The SMILES string of the molecule is CCC(C(=O)Nc1ccc(I)cc1)c1ccccc1. The number of halogens is 1. The van der Waals surface area contributed by atoms with Crippen molar-refractivity contribution >= 4 is 34.2 Å². The Labute approximate surface area is 127 Å². The molecule has 0 saturated heterocycles. The molecule has 0 fully saturated rings. The van der Waals surface area contributed by atoms with E-state index in [1.54, 1.807) is 0 Å². The monoisotopic (exact) mass is 365 g/mol. The lowest BCUT2D eigenvalue weighted by Gasteiger charge is -2.15. The molecule has 1 unspecified atom stereocenters. The second kappa shape index (κ2) is 6.70. The van der Waals surface area contributed by atoms with Crippen molar-refractivity contribution in [1.82, 2.24) is 0 Å². The van der Waals surface area contributed by atoms with Gasteiger partial charge in [-0.2, -0.15) is 0 Å². The van der Waals surface area contributed by atoms with Gasteiger partial charge >= 0.3 is 0 Å². The van der Waals surface area contributed by atoms with Gasteiger partial charge in [-0.3, -0.25) is 4.79 Å². The number of hydrogen-bond donors (Lipinski definition) is 1. The van der Waals surface area contributed by atoms with Crippen LogP contribution in [-0.2, 0) is 4.79 Å². The maximum Gasteiger partial charge on any atom is 0.231 e. The lowest BCUT2D eigenvalue weighted by atomic mass is 9.95. The van der Waals surface area contributed by atoms with E-state index in [1.807, 2.05) is 61.5 Å². The zero-order valence-corrected chi connectivity index (χ0v) is 12.9. The minimum atomic E-state index is -0.0968. The lowest BCUT2D eigenvalue weighted by molar-refractivity contribution is -0.117. The summed E-state index contributed by atoms with van der Waals surface area (Å²) in [4.78, 5) is 12.3. The maximum absolute atomic E-state index is 12.3. The van der Waals surface area contributed by atoms with E-state index in [-0.39, 0.29) is 11.8 Å². The molecule has 2 aromatic carbocycles. The van der Waals surface area contributed by atoms with Crippen LogP contribution < -0.4 is 5.32 Å². The van der Waals surface area contributed by atoms with Crippen LogP contribution >= 0.6 is 22.6 Å². The van der Waals surface area contributed by atoms with Gasteiger partial charge in [-0.05, 0) is 58.8 Å². The number of amides is 1. The summed E-state index contributed by atoms with van der Waals surface area (Å²) in [5.74, 6) is -0.0459. The molecule has 0 bridgehead atoms. The molecule has 0 aliphatic rings. The Morgan fingerprint density at radius 1 is 1.11 bits per heavy atom. The third-order valence-electron chi connectivity index (χ3n) is 3.04. The van der Waals surface area contributed by atoms with Gasteiger partial charge in [0.1, 0.15) is 0 Å². The molecule has 2 aromatic rings. The fourth-order valence-electron chi connectivity index (χ4n) is 2.02. The highest BCUT2D eigenvalue weighted by Gasteiger charge is 2.18. The van der Waals surface area contributed by atoms with E-state index in [0.29, 0.717) is 0 Å². The van der Waals surface area contributed by atoms with E-state index in [2.05, 4.69) is 27.9 Å². The average molecular weight is 365 g/mol. The van der Waals surface area contributed by atoms with Crippen LogP contribution in [0, 0.1) is 3.57 Å². The summed E-state index contributed by atoms with van der Waals surface area (Å²) in [7, 11) is 0. The molecule has 0 aromatic heterocycles. The number of rotatable bonds is 4. The molecule has 3 heteroatoms. The van der Waals surface area contributed by atoms with Crippen molar-refractivity contribution in [3.8, 4) is 0 Å². The molecule has 0 spiro atoms. The molecule has 19 heavy (non-hydrogen) atoms. The van der Waals surface area contributed by atoms with E-state index < -0.39 is 0 Å². The molecule has 0 heterocycles. The van der Waals surface area contributed by atoms with Crippen LogP contribution in [0.25, 0.3) is 0 Å². The van der Waals surface area contributed by atoms with Gasteiger partial charge in [0.25, 0.3) is 0 Å². The van der Waals surface area contributed by atoms with Gasteiger partial charge in [0.05, 0.1) is 5.92 Å². The van der Waals surface area contributed by atoms with Gasteiger partial charge in [-0.15, -0.1) is 0 Å². The Balaban J connectivity index is 2.11. The number of nitrogens with one attached hydrogen (secondary N) is 1. The molecule has 0 aliphatic heterocycles. The highest BCUT2D eigenvalue weighted by atomic mass is 127. The average Bonchev–Trinajstić information content (AvgIpc) is 2.43. The van der Waals surface area contributed by atoms with Crippen molar-refractivity contribution in [3.05, 3.63) is 63.7 Å². The Hall–Kier alpha value is -1.36. The first-order valence-corrected chi connectivity index (χ1v) is 7.40. The minimum absolute atomic E-state index is 0.0508. The number of carbonyl (C=O) groups excluding carboxylic acids is 1. The Morgan fingerprint density at radius 2 is 1.74 bits per heavy atom. The van der Waals surface area contributed by atoms with Crippen LogP contribution in [0.15, 0.2) is 54.6 Å². The molecule has 2 rings (SSSR count). The van der Waals surface area contributed by atoms with Crippen molar-refractivity contribution in [2.24, 2.45) is 0 Å². The largest absolute Gasteiger partial charge is 0.326 e. The van der Waals surface area contributed by atoms with Crippen LogP contribution in [0.4, 0.5) is 5.69 Å². The summed E-state index contributed by atoms with van der Waals surface area (Å²) >= 11 is 2.25. The van der Waals surface area contributed by atoms with Crippen molar-refractivity contribution in [3.63, 3.8) is 0 Å². The molecule has 2 nitrogen and oxygen atoms in total. The number of benzene rings is 2. The molecule has 0 radical (unpaired) electrons. The first-order chi connectivity index (χ1) is 9.20. The number of anilines is 1. The van der Waals surface area contributed by atoms with Gasteiger partial charge < -0.3 is 5.32 Å². The maximum atomic E-state index is 12.3. The fourth-order valence-corrected chi connectivity index (χ4v) is 2.38. The van der Waals surface area contributed by atoms with E-state index >= 15 is 0 Å². The minimum Gasteiger partial charge on any atom is -0.326 e. The van der Waals surface area contributed by atoms with E-state index in [1.165, 1.54) is 0 Å². The predicted octanol–water partition coefficient (Wildman–Crippen LogP) is 4.42. The van der Waals surface area contributed by atoms with Crippen LogP contribution in [-0.4, -0.2) is 5.91 Å². The lowest BCUT2D eigenvalue weighted by Crippen LogP contribution is -2.20. The van der Waals surface area contributed by atoms with Crippen molar-refractivity contribution in [2.45, 2.75) is 19.3 Å². The van der Waals surface area contributed by atoms with Gasteiger partial charge in [-0.25, -0.2) is 0 Å². The molecule has 1 atom stereocenters. The van der Waals surface area contributed by atoms with Gasteiger partial charge in [0, 0.05) is 9.26 Å². The summed E-state index contributed by atoms with van der Waals surface area (Å²) in [6, 6.07) is 17.7. The van der Waals surface area contributed by atoms with Gasteiger partial charge in [0.2, 0.25) is 5.91 Å². The quantitative estimate of drug-likeness (QED) is 0.799. The first-order valence-electron chi connectivity index (χ1n) is 6.32. The standard InChI is InChI=1S/C16H16INO/c1-2-15(12-6-4-3-5-7-12)16(19)18-14-10-8-13(17)9-11-14/h3-11,15H,2H2,1H3,(H,18,19). The molecule has 0 aliphatic carbocycles. The van der Waals surface area contributed by atoms with E-state index in [0.717, 1.165) is 21.2 Å². The zero-order valence-electron chi connectivity index (χ0n) is 10.8. The predicted molar refractivity (Wildman–Crippen MR) is 87.3 cm³/mol. The molecule has 1 amide bonds. The van der Waals surface area contributed by atoms with E-state index in [9.17, 15) is 4.79 Å². The van der Waals surface area contributed by atoms with Crippen LogP contribution in [0.1, 0.15) is 24.8 Å². The third kappa shape index (κ3) is 3.80. The number of hydrogen-bond acceptors (Lipinski definition) is 1. The summed E-state index contributed by atoms with van der Waals surface area (Å²) in [6.45, 7) is 2.03.